The first-order chi connectivity index (χ1) is 18.2. The minimum Gasteiger partial charge on any atom is -0.478 e. The van der Waals surface area contributed by atoms with Gasteiger partial charge in [-0.1, -0.05) is 49.6 Å². The predicted octanol–water partition coefficient (Wildman–Crippen LogP) is 4.88. The third-order valence-electron chi connectivity index (χ3n) is 8.43. The van der Waals surface area contributed by atoms with Gasteiger partial charge >= 0.3 is 5.97 Å². The molecule has 1 unspecified atom stereocenters. The molecule has 200 valence electrons. The highest BCUT2D eigenvalue weighted by Crippen LogP contribution is 2.47. The number of benzene rings is 2. The fraction of sp³-hybridized carbons (Fsp3) is 0.467. The Labute approximate surface area is 220 Å². The van der Waals surface area contributed by atoms with Crippen molar-refractivity contribution in [2.75, 3.05) is 13.1 Å². The van der Waals surface area contributed by atoms with E-state index in [1.807, 2.05) is 34.9 Å². The van der Waals surface area contributed by atoms with Crippen LogP contribution in [-0.2, 0) is 22.5 Å². The molecular formula is C30H33FN2O5. The van der Waals surface area contributed by atoms with Crippen LogP contribution in [0.25, 0.3) is 22.2 Å². The number of hydrogen-bond donors (Lipinski definition) is 2. The number of carbonyl (C=O) groups excluding carboxylic acids is 1. The fourth-order valence-electron chi connectivity index (χ4n) is 6.80. The van der Waals surface area contributed by atoms with Crippen molar-refractivity contribution >= 4 is 22.8 Å². The number of carboxylic acid groups (broad SMARTS) is 1. The Morgan fingerprint density at radius 3 is 2.58 bits per heavy atom. The molecule has 1 aromatic heterocycles. The molecule has 2 N–H and O–H groups in total. The molecule has 3 heterocycles. The van der Waals surface area contributed by atoms with Gasteiger partial charge in [-0.25, -0.2) is 9.18 Å². The lowest BCUT2D eigenvalue weighted by atomic mass is 9.81. The molecular weight excluding hydrogens is 487 g/mol. The highest BCUT2D eigenvalue weighted by molar-refractivity contribution is 5.99. The number of fused-ring (bicyclic) bond motifs is 5. The van der Waals surface area contributed by atoms with Crippen LogP contribution in [0.5, 0.6) is 0 Å². The van der Waals surface area contributed by atoms with Crippen molar-refractivity contribution in [3.63, 3.8) is 0 Å². The van der Waals surface area contributed by atoms with E-state index in [2.05, 4.69) is 0 Å². The highest BCUT2D eigenvalue weighted by Gasteiger charge is 2.47. The minimum atomic E-state index is -2.28. The van der Waals surface area contributed by atoms with Crippen molar-refractivity contribution in [2.24, 2.45) is 0 Å². The number of nitrogens with zero attached hydrogens (tertiary/aromatic N) is 2. The molecule has 7 nitrogen and oxygen atoms in total. The van der Waals surface area contributed by atoms with Crippen molar-refractivity contribution < 1.29 is 28.9 Å². The number of rotatable bonds is 3. The summed E-state index contributed by atoms with van der Waals surface area (Å²) < 4.78 is 24.4. The largest absolute Gasteiger partial charge is 0.478 e. The van der Waals surface area contributed by atoms with E-state index in [0.29, 0.717) is 5.52 Å². The zero-order valence-electron chi connectivity index (χ0n) is 21.5. The number of hydrogen-bond acceptors (Lipinski definition) is 4. The molecule has 1 amide bonds. The SMILES string of the molecule is C[C@@H]1CN(C(=O)C2(F)Cc3ccccc3-c3c(C4CCCCC4)c4ccc(C(=O)O)cc4n3C2)C[C@H](O)O1. The molecule has 1 aliphatic carbocycles. The van der Waals surface area contributed by atoms with E-state index < -0.39 is 29.9 Å². The zero-order chi connectivity index (χ0) is 26.6. The zero-order valence-corrected chi connectivity index (χ0v) is 21.5. The van der Waals surface area contributed by atoms with Gasteiger partial charge in [0.15, 0.2) is 6.29 Å². The van der Waals surface area contributed by atoms with Crippen LogP contribution in [0.15, 0.2) is 42.5 Å². The van der Waals surface area contributed by atoms with E-state index in [-0.39, 0.29) is 37.5 Å². The standard InChI is InChI=1S/C30H33FN2O5/c1-18-15-32(16-25(34)38-18)29(37)30(31)14-21-9-5-6-10-22(21)27-26(19-7-3-2-4-8-19)23-12-11-20(28(35)36)13-24(23)33(27)17-30/h5-6,9-13,18-19,25,34H,2-4,7-8,14-17H2,1H3,(H,35,36)/t18-,25-,30?/m1/s1. The van der Waals surface area contributed by atoms with E-state index in [0.717, 1.165) is 53.5 Å². The van der Waals surface area contributed by atoms with Gasteiger partial charge in [0.2, 0.25) is 5.67 Å². The molecule has 0 radical (unpaired) electrons. The quantitative estimate of drug-likeness (QED) is 0.513. The van der Waals surface area contributed by atoms with Gasteiger partial charge in [-0.05, 0) is 48.9 Å². The van der Waals surface area contributed by atoms with E-state index in [1.165, 1.54) is 11.3 Å². The Balaban J connectivity index is 1.57. The third kappa shape index (κ3) is 4.20. The van der Waals surface area contributed by atoms with Gasteiger partial charge in [0.1, 0.15) is 0 Å². The molecule has 2 fully saturated rings. The molecule has 1 saturated carbocycles. The average Bonchev–Trinajstić information content (AvgIpc) is 3.13. The van der Waals surface area contributed by atoms with Crippen molar-refractivity contribution in [2.45, 2.75) is 76.0 Å². The monoisotopic (exact) mass is 520 g/mol. The number of aliphatic hydroxyl groups is 1. The summed E-state index contributed by atoms with van der Waals surface area (Å²) in [6.07, 6.45) is 3.80. The topological polar surface area (TPSA) is 92.0 Å². The molecule has 1 saturated heterocycles. The van der Waals surface area contributed by atoms with Crippen LogP contribution in [0.1, 0.15) is 66.4 Å². The summed E-state index contributed by atoms with van der Waals surface area (Å²) in [6.45, 7) is 1.62. The van der Waals surface area contributed by atoms with Gasteiger partial charge < -0.3 is 24.4 Å². The molecule has 38 heavy (non-hydrogen) atoms. The Morgan fingerprint density at radius 2 is 1.84 bits per heavy atom. The number of aliphatic hydroxyl groups excluding tert-OH is 1. The summed E-state index contributed by atoms with van der Waals surface area (Å²) in [5.74, 6) is -1.44. The molecule has 3 atom stereocenters. The number of aromatic nitrogens is 1. The molecule has 2 aliphatic heterocycles. The number of morpholine rings is 1. The van der Waals surface area contributed by atoms with Crippen molar-refractivity contribution in [1.29, 1.82) is 0 Å². The number of carbonyl (C=O) groups is 2. The Bertz CT molecular complexity index is 1400. The first kappa shape index (κ1) is 25.1. The second-order valence-corrected chi connectivity index (χ2v) is 11.1. The summed E-state index contributed by atoms with van der Waals surface area (Å²) in [7, 11) is 0. The lowest BCUT2D eigenvalue weighted by Crippen LogP contribution is -2.56. The van der Waals surface area contributed by atoms with Crippen LogP contribution >= 0.6 is 0 Å². The second kappa shape index (κ2) is 9.50. The van der Waals surface area contributed by atoms with Gasteiger partial charge in [0, 0.05) is 29.4 Å². The summed E-state index contributed by atoms with van der Waals surface area (Å²) in [5.41, 5.74) is 2.16. The molecule has 3 aliphatic rings. The van der Waals surface area contributed by atoms with Gasteiger partial charge in [-0.3, -0.25) is 4.79 Å². The normalized spacial score (nSPS) is 26.0. The number of carboxylic acids is 1. The second-order valence-electron chi connectivity index (χ2n) is 11.1. The van der Waals surface area contributed by atoms with Crippen LogP contribution in [0.2, 0.25) is 0 Å². The summed E-state index contributed by atoms with van der Waals surface area (Å²) in [5, 5.41) is 20.8. The van der Waals surface area contributed by atoms with E-state index in [4.69, 9.17) is 4.74 Å². The highest BCUT2D eigenvalue weighted by atomic mass is 19.1. The summed E-state index contributed by atoms with van der Waals surface area (Å²) in [4.78, 5) is 27.1. The minimum absolute atomic E-state index is 0.0910. The van der Waals surface area contributed by atoms with Gasteiger partial charge in [0.25, 0.3) is 5.91 Å². The fourth-order valence-corrected chi connectivity index (χ4v) is 6.80. The maximum atomic E-state index is 17.2. The van der Waals surface area contributed by atoms with Crippen LogP contribution in [-0.4, -0.2) is 62.7 Å². The van der Waals surface area contributed by atoms with Crippen molar-refractivity contribution in [3.05, 3.63) is 59.2 Å². The molecule has 8 heteroatoms. The first-order valence-corrected chi connectivity index (χ1v) is 13.5. The Hall–Kier alpha value is -3.23. The van der Waals surface area contributed by atoms with E-state index >= 15 is 4.39 Å². The molecule has 6 rings (SSSR count). The van der Waals surface area contributed by atoms with Crippen LogP contribution in [0.4, 0.5) is 4.39 Å². The number of β-amino-alcohol motifs (C(OH)–C–C–N with tert-alkyl or cyclic N) is 1. The summed E-state index contributed by atoms with van der Waals surface area (Å²) >= 11 is 0. The molecule has 0 bridgehead atoms. The van der Waals surface area contributed by atoms with Crippen LogP contribution < -0.4 is 0 Å². The average molecular weight is 521 g/mol. The maximum Gasteiger partial charge on any atom is 0.335 e. The van der Waals surface area contributed by atoms with E-state index in [9.17, 15) is 19.8 Å². The Morgan fingerprint density at radius 1 is 1.08 bits per heavy atom. The Kier molecular flexibility index (Phi) is 6.27. The van der Waals surface area contributed by atoms with Crippen LogP contribution in [0, 0.1) is 0 Å². The van der Waals surface area contributed by atoms with Gasteiger partial charge in [0.05, 0.1) is 30.5 Å². The van der Waals surface area contributed by atoms with Crippen molar-refractivity contribution in [1.82, 2.24) is 9.47 Å². The lowest BCUT2D eigenvalue weighted by Gasteiger charge is -2.38. The molecule has 2 aromatic carbocycles. The number of alkyl halides is 1. The maximum absolute atomic E-state index is 17.2. The number of halogens is 1. The number of ether oxygens (including phenoxy) is 1. The van der Waals surface area contributed by atoms with Gasteiger partial charge in [-0.15, -0.1) is 0 Å². The number of aromatic carboxylic acids is 1. The summed E-state index contributed by atoms with van der Waals surface area (Å²) in [6, 6.07) is 12.8. The lowest BCUT2D eigenvalue weighted by molar-refractivity contribution is -0.191. The molecule has 3 aromatic rings. The van der Waals surface area contributed by atoms with Crippen molar-refractivity contribution in [3.8, 4) is 11.3 Å². The number of amides is 1. The predicted molar refractivity (Wildman–Crippen MR) is 141 cm³/mol. The smallest absolute Gasteiger partial charge is 0.335 e. The molecule has 0 spiro atoms. The van der Waals surface area contributed by atoms with E-state index in [1.54, 1.807) is 19.1 Å². The first-order valence-electron chi connectivity index (χ1n) is 13.5. The third-order valence-corrected chi connectivity index (χ3v) is 8.43. The van der Waals surface area contributed by atoms with Gasteiger partial charge in [-0.2, -0.15) is 0 Å². The van der Waals surface area contributed by atoms with Crippen LogP contribution in [0.3, 0.4) is 0 Å².